The van der Waals surface area contributed by atoms with Gasteiger partial charge in [-0.15, -0.1) is 11.3 Å². The first-order chi connectivity index (χ1) is 12.5. The quantitative estimate of drug-likeness (QED) is 0.784. The van der Waals surface area contributed by atoms with Gasteiger partial charge in [0.05, 0.1) is 13.2 Å². The summed E-state index contributed by atoms with van der Waals surface area (Å²) in [5.41, 5.74) is 2.63. The minimum atomic E-state index is -0.137. The van der Waals surface area contributed by atoms with Gasteiger partial charge in [-0.05, 0) is 44.2 Å². The van der Waals surface area contributed by atoms with Crippen molar-refractivity contribution >= 4 is 34.4 Å². The van der Waals surface area contributed by atoms with Crippen LogP contribution in [0.1, 0.15) is 33.0 Å². The fourth-order valence-electron chi connectivity index (χ4n) is 3.07. The first-order valence-electron chi connectivity index (χ1n) is 8.86. The van der Waals surface area contributed by atoms with Crippen LogP contribution in [-0.2, 0) is 9.53 Å². The number of morpholine rings is 1. The van der Waals surface area contributed by atoms with Crippen LogP contribution in [0.15, 0.2) is 30.3 Å². The number of ether oxygens (including phenoxy) is 1. The monoisotopic (exact) mass is 372 g/mol. The number of nitrogens with one attached hydrogen (secondary N) is 1. The van der Waals surface area contributed by atoms with Gasteiger partial charge in [-0.2, -0.15) is 0 Å². The number of benzene rings is 1. The van der Waals surface area contributed by atoms with Gasteiger partial charge >= 0.3 is 0 Å². The van der Waals surface area contributed by atoms with Crippen LogP contribution in [-0.4, -0.2) is 38.0 Å². The molecule has 1 aromatic heterocycles. The second kappa shape index (κ2) is 8.47. The molecule has 138 valence electrons. The molecule has 1 aliphatic rings. The molecule has 1 amide bonds. The molecule has 0 spiro atoms. The molecular formula is C20H24N2O3S. The lowest BCUT2D eigenvalue weighted by Crippen LogP contribution is -2.36. The first-order valence-corrected chi connectivity index (χ1v) is 9.67. The Kier molecular flexibility index (Phi) is 6.06. The molecule has 2 aromatic rings. The minimum Gasteiger partial charge on any atom is -0.378 e. The third-order valence-electron chi connectivity index (χ3n) is 4.45. The van der Waals surface area contributed by atoms with Crippen LogP contribution in [0.3, 0.4) is 0 Å². The second-order valence-corrected chi connectivity index (χ2v) is 7.91. The van der Waals surface area contributed by atoms with Crippen molar-refractivity contribution in [2.75, 3.05) is 36.5 Å². The number of aryl methyl sites for hydroxylation is 2. The smallest absolute Gasteiger partial charge is 0.224 e. The van der Waals surface area contributed by atoms with Gasteiger partial charge in [-0.25, -0.2) is 0 Å². The predicted octanol–water partition coefficient (Wildman–Crippen LogP) is 3.80. The zero-order valence-electron chi connectivity index (χ0n) is 15.2. The molecule has 0 atom stereocenters. The van der Waals surface area contributed by atoms with E-state index in [9.17, 15) is 9.59 Å². The summed E-state index contributed by atoms with van der Waals surface area (Å²) in [7, 11) is 0. The average molecular weight is 372 g/mol. The Balaban J connectivity index is 1.50. The third-order valence-corrected chi connectivity index (χ3v) is 5.41. The molecule has 2 heterocycles. The van der Waals surface area contributed by atoms with E-state index in [1.807, 2.05) is 44.2 Å². The SMILES string of the molecule is Cc1cc(C(=O)CCC(=O)Nc2ccc(N3CCOCC3)cc2)c(C)s1. The van der Waals surface area contributed by atoms with Gasteiger partial charge < -0.3 is 15.0 Å². The highest BCUT2D eigenvalue weighted by Crippen LogP contribution is 2.23. The average Bonchev–Trinajstić information content (AvgIpc) is 2.99. The molecule has 1 aromatic carbocycles. The highest BCUT2D eigenvalue weighted by Gasteiger charge is 2.14. The van der Waals surface area contributed by atoms with Gasteiger partial charge in [0.2, 0.25) is 5.91 Å². The lowest BCUT2D eigenvalue weighted by atomic mass is 10.1. The Hall–Kier alpha value is -2.18. The summed E-state index contributed by atoms with van der Waals surface area (Å²) in [5.74, 6) is -0.105. The number of nitrogens with zero attached hydrogens (tertiary/aromatic N) is 1. The second-order valence-electron chi connectivity index (χ2n) is 6.44. The lowest BCUT2D eigenvalue weighted by molar-refractivity contribution is -0.116. The summed E-state index contributed by atoms with van der Waals surface area (Å²) in [4.78, 5) is 28.8. The van der Waals surface area contributed by atoms with Gasteiger partial charge in [0, 0.05) is 52.6 Å². The molecule has 1 saturated heterocycles. The molecule has 1 aliphatic heterocycles. The number of hydrogen-bond acceptors (Lipinski definition) is 5. The van der Waals surface area contributed by atoms with E-state index in [0.717, 1.165) is 53.0 Å². The Morgan fingerprint density at radius 3 is 2.42 bits per heavy atom. The van der Waals surface area contributed by atoms with E-state index in [1.54, 1.807) is 11.3 Å². The number of anilines is 2. The number of hydrogen-bond donors (Lipinski definition) is 1. The largest absolute Gasteiger partial charge is 0.378 e. The lowest BCUT2D eigenvalue weighted by Gasteiger charge is -2.28. The minimum absolute atomic E-state index is 0.0321. The van der Waals surface area contributed by atoms with Crippen molar-refractivity contribution in [1.29, 1.82) is 0 Å². The van der Waals surface area contributed by atoms with E-state index in [1.165, 1.54) is 0 Å². The van der Waals surface area contributed by atoms with Crippen molar-refractivity contribution in [2.24, 2.45) is 0 Å². The van der Waals surface area contributed by atoms with Crippen molar-refractivity contribution in [3.63, 3.8) is 0 Å². The molecule has 1 fully saturated rings. The van der Waals surface area contributed by atoms with Crippen LogP contribution in [0.4, 0.5) is 11.4 Å². The molecule has 1 N–H and O–H groups in total. The predicted molar refractivity (Wildman–Crippen MR) is 105 cm³/mol. The number of amides is 1. The van der Waals surface area contributed by atoms with Crippen LogP contribution in [0.2, 0.25) is 0 Å². The van der Waals surface area contributed by atoms with Crippen molar-refractivity contribution in [3.8, 4) is 0 Å². The summed E-state index contributed by atoms with van der Waals surface area (Å²) in [6, 6.07) is 9.71. The molecule has 0 radical (unpaired) electrons. The van der Waals surface area contributed by atoms with Crippen LogP contribution in [0.25, 0.3) is 0 Å². The number of carbonyl (C=O) groups excluding carboxylic acids is 2. The Bertz CT molecular complexity index is 777. The molecule has 6 heteroatoms. The number of Topliss-reactive ketones (excluding diaryl/α,β-unsaturated/α-hetero) is 1. The molecule has 0 saturated carbocycles. The summed E-state index contributed by atoms with van der Waals surface area (Å²) in [5, 5.41) is 2.87. The van der Waals surface area contributed by atoms with Gasteiger partial charge in [0.15, 0.2) is 5.78 Å². The van der Waals surface area contributed by atoms with E-state index < -0.39 is 0 Å². The van der Waals surface area contributed by atoms with Crippen molar-refractivity contribution < 1.29 is 14.3 Å². The van der Waals surface area contributed by atoms with Crippen molar-refractivity contribution in [3.05, 3.63) is 45.6 Å². The highest BCUT2D eigenvalue weighted by molar-refractivity contribution is 7.12. The normalized spacial score (nSPS) is 14.3. The molecule has 5 nitrogen and oxygen atoms in total. The number of ketones is 1. The van der Waals surface area contributed by atoms with Crippen molar-refractivity contribution in [1.82, 2.24) is 0 Å². The number of rotatable bonds is 6. The maximum atomic E-state index is 12.3. The molecule has 26 heavy (non-hydrogen) atoms. The van der Waals surface area contributed by atoms with E-state index in [0.29, 0.717) is 0 Å². The Morgan fingerprint density at radius 2 is 1.81 bits per heavy atom. The van der Waals surface area contributed by atoms with Crippen LogP contribution < -0.4 is 10.2 Å². The zero-order valence-corrected chi connectivity index (χ0v) is 16.0. The topological polar surface area (TPSA) is 58.6 Å². The molecule has 3 rings (SSSR count). The standard InChI is InChI=1S/C20H24N2O3S/c1-14-13-18(15(2)26-14)19(23)7-8-20(24)21-16-3-5-17(6-4-16)22-9-11-25-12-10-22/h3-6,13H,7-12H2,1-2H3,(H,21,24). The van der Waals surface area contributed by atoms with Crippen molar-refractivity contribution in [2.45, 2.75) is 26.7 Å². The Labute approximate surface area is 158 Å². The molecular weight excluding hydrogens is 348 g/mol. The maximum absolute atomic E-state index is 12.3. The molecule has 0 aliphatic carbocycles. The molecule has 0 unspecified atom stereocenters. The fraction of sp³-hybridized carbons (Fsp3) is 0.400. The summed E-state index contributed by atoms with van der Waals surface area (Å²) >= 11 is 1.61. The molecule has 0 bridgehead atoms. The van der Waals surface area contributed by atoms with Gasteiger partial charge in [0.1, 0.15) is 0 Å². The van der Waals surface area contributed by atoms with Crippen LogP contribution in [0.5, 0.6) is 0 Å². The summed E-state index contributed by atoms with van der Waals surface area (Å²) in [6.07, 6.45) is 0.424. The first kappa shape index (κ1) is 18.6. The fourth-order valence-corrected chi connectivity index (χ4v) is 4.01. The van der Waals surface area contributed by atoms with Gasteiger partial charge in [-0.1, -0.05) is 0 Å². The number of carbonyl (C=O) groups is 2. The maximum Gasteiger partial charge on any atom is 0.224 e. The highest BCUT2D eigenvalue weighted by atomic mass is 32.1. The van der Waals surface area contributed by atoms with Crippen LogP contribution in [0, 0.1) is 13.8 Å². The number of thiophene rings is 1. The van der Waals surface area contributed by atoms with Crippen LogP contribution >= 0.6 is 11.3 Å². The zero-order chi connectivity index (χ0) is 18.5. The Morgan fingerprint density at radius 1 is 1.12 bits per heavy atom. The van der Waals surface area contributed by atoms with E-state index in [4.69, 9.17) is 4.74 Å². The van der Waals surface area contributed by atoms with Gasteiger partial charge in [0.25, 0.3) is 0 Å². The van der Waals surface area contributed by atoms with E-state index in [2.05, 4.69) is 10.2 Å². The van der Waals surface area contributed by atoms with Gasteiger partial charge in [-0.3, -0.25) is 9.59 Å². The van der Waals surface area contributed by atoms with E-state index >= 15 is 0 Å². The summed E-state index contributed by atoms with van der Waals surface area (Å²) in [6.45, 7) is 7.19. The third kappa shape index (κ3) is 4.71. The van der Waals surface area contributed by atoms with E-state index in [-0.39, 0.29) is 24.5 Å². The summed E-state index contributed by atoms with van der Waals surface area (Å²) < 4.78 is 5.36.